The second-order valence-corrected chi connectivity index (χ2v) is 7.68. The van der Waals surface area contributed by atoms with Crippen molar-refractivity contribution in [2.24, 2.45) is 5.92 Å². The largest absolute Gasteiger partial charge is 0.493 e. The van der Waals surface area contributed by atoms with Crippen LogP contribution < -0.4 is 4.74 Å². The van der Waals surface area contributed by atoms with Gasteiger partial charge in [0.05, 0.1) is 19.0 Å². The topological polar surface area (TPSA) is 30.3 Å². The van der Waals surface area contributed by atoms with E-state index >= 15 is 0 Å². The molecule has 1 saturated carbocycles. The molecule has 2 unspecified atom stereocenters. The third-order valence-corrected chi connectivity index (χ3v) is 5.48. The maximum Gasteiger partial charge on any atom is 0.119 e. The highest BCUT2D eigenvalue weighted by atomic mass is 16.5. The Hall–Kier alpha value is -2.33. The van der Waals surface area contributed by atoms with Crippen molar-refractivity contribution in [2.45, 2.75) is 31.8 Å². The Bertz CT molecular complexity index is 868. The smallest absolute Gasteiger partial charge is 0.119 e. The van der Waals surface area contributed by atoms with Gasteiger partial charge in [0.2, 0.25) is 0 Å². The van der Waals surface area contributed by atoms with Crippen molar-refractivity contribution < 1.29 is 4.74 Å². The quantitative estimate of drug-likeness (QED) is 0.635. The van der Waals surface area contributed by atoms with Crippen LogP contribution in [0.5, 0.6) is 5.75 Å². The molecule has 1 aromatic heterocycles. The van der Waals surface area contributed by atoms with Crippen molar-refractivity contribution in [1.29, 1.82) is 0 Å². The molecule has 4 nitrogen and oxygen atoms in total. The first-order chi connectivity index (χ1) is 12.6. The molecule has 0 bridgehead atoms. The summed E-state index contributed by atoms with van der Waals surface area (Å²) in [6, 6.07) is 13.7. The number of rotatable bonds is 7. The SMILES string of the molecule is CC(C(c1ccc2cc(OCC3CC3)ccc2c1)n1ccnc1)N(C)C. The van der Waals surface area contributed by atoms with Crippen LogP contribution in [0, 0.1) is 5.92 Å². The fourth-order valence-corrected chi connectivity index (χ4v) is 3.43. The molecule has 4 rings (SSSR count). The van der Waals surface area contributed by atoms with Crippen LogP contribution in [-0.2, 0) is 0 Å². The van der Waals surface area contributed by atoms with Crippen molar-refractivity contribution in [3.05, 3.63) is 60.7 Å². The highest BCUT2D eigenvalue weighted by Crippen LogP contribution is 2.31. The van der Waals surface area contributed by atoms with E-state index in [2.05, 4.69) is 71.9 Å². The Labute approximate surface area is 155 Å². The Morgan fingerprint density at radius 2 is 1.92 bits per heavy atom. The molecule has 26 heavy (non-hydrogen) atoms. The molecule has 136 valence electrons. The van der Waals surface area contributed by atoms with E-state index in [1.165, 1.54) is 29.2 Å². The highest BCUT2D eigenvalue weighted by molar-refractivity contribution is 5.84. The molecule has 0 amide bonds. The van der Waals surface area contributed by atoms with Crippen LogP contribution >= 0.6 is 0 Å². The molecular weight excluding hydrogens is 322 g/mol. The van der Waals surface area contributed by atoms with E-state index in [4.69, 9.17) is 4.74 Å². The van der Waals surface area contributed by atoms with Gasteiger partial charge in [-0.25, -0.2) is 4.98 Å². The van der Waals surface area contributed by atoms with E-state index < -0.39 is 0 Å². The van der Waals surface area contributed by atoms with E-state index in [9.17, 15) is 0 Å². The second kappa shape index (κ2) is 7.12. The zero-order valence-electron chi connectivity index (χ0n) is 15.8. The molecule has 2 atom stereocenters. The van der Waals surface area contributed by atoms with Gasteiger partial charge < -0.3 is 14.2 Å². The standard InChI is InChI=1S/C22H27N3O/c1-16(24(2)3)22(25-11-10-23-15-25)20-7-6-19-13-21(9-8-18(19)12-20)26-14-17-4-5-17/h6-13,15-17,22H,4-5,14H2,1-3H3. The van der Waals surface area contributed by atoms with E-state index in [1.807, 2.05) is 18.7 Å². The molecule has 1 heterocycles. The monoisotopic (exact) mass is 349 g/mol. The lowest BCUT2D eigenvalue weighted by molar-refractivity contribution is 0.252. The normalized spacial score (nSPS) is 16.8. The number of benzene rings is 2. The van der Waals surface area contributed by atoms with Gasteiger partial charge in [0.25, 0.3) is 0 Å². The fraction of sp³-hybridized carbons (Fsp3) is 0.409. The maximum atomic E-state index is 5.93. The van der Waals surface area contributed by atoms with Crippen molar-refractivity contribution in [2.75, 3.05) is 20.7 Å². The maximum absolute atomic E-state index is 5.93. The summed E-state index contributed by atoms with van der Waals surface area (Å²) in [7, 11) is 4.25. The van der Waals surface area contributed by atoms with Gasteiger partial charge in [0.1, 0.15) is 5.75 Å². The second-order valence-electron chi connectivity index (χ2n) is 7.68. The molecule has 2 aromatic carbocycles. The average molecular weight is 349 g/mol. The summed E-state index contributed by atoms with van der Waals surface area (Å²) in [5.41, 5.74) is 1.29. The van der Waals surface area contributed by atoms with Crippen LogP contribution in [0.15, 0.2) is 55.1 Å². The number of aromatic nitrogens is 2. The molecule has 0 radical (unpaired) electrons. The average Bonchev–Trinajstić information content (AvgIpc) is 3.33. The van der Waals surface area contributed by atoms with E-state index in [0.29, 0.717) is 6.04 Å². The summed E-state index contributed by atoms with van der Waals surface area (Å²) < 4.78 is 8.12. The first kappa shape index (κ1) is 17.1. The molecule has 1 aliphatic rings. The van der Waals surface area contributed by atoms with Gasteiger partial charge in [0, 0.05) is 18.4 Å². The lowest BCUT2D eigenvalue weighted by atomic mass is 9.96. The zero-order valence-corrected chi connectivity index (χ0v) is 15.8. The summed E-state index contributed by atoms with van der Waals surface area (Å²) in [5.74, 6) is 1.75. The van der Waals surface area contributed by atoms with Crippen LogP contribution in [0.2, 0.25) is 0 Å². The number of likely N-dealkylation sites (N-methyl/N-ethyl adjacent to an activating group) is 1. The van der Waals surface area contributed by atoms with Crippen molar-refractivity contribution in [1.82, 2.24) is 14.5 Å². The summed E-state index contributed by atoms with van der Waals surface area (Å²) in [6.07, 6.45) is 8.43. The van der Waals surface area contributed by atoms with Crippen LogP contribution in [-0.4, -0.2) is 41.2 Å². The molecule has 4 heteroatoms. The molecule has 0 aliphatic heterocycles. The summed E-state index contributed by atoms with van der Waals surface area (Å²) in [5, 5.41) is 2.47. The summed E-state index contributed by atoms with van der Waals surface area (Å²) >= 11 is 0. The lowest BCUT2D eigenvalue weighted by Crippen LogP contribution is -2.34. The Balaban J connectivity index is 1.64. The van der Waals surface area contributed by atoms with Gasteiger partial charge in [-0.2, -0.15) is 0 Å². The van der Waals surface area contributed by atoms with Gasteiger partial charge in [-0.1, -0.05) is 18.2 Å². The van der Waals surface area contributed by atoms with Gasteiger partial charge in [-0.15, -0.1) is 0 Å². The molecular formula is C22H27N3O. The number of fused-ring (bicyclic) bond motifs is 1. The predicted molar refractivity (Wildman–Crippen MR) is 106 cm³/mol. The summed E-state index contributed by atoms with van der Waals surface area (Å²) in [4.78, 5) is 6.51. The number of ether oxygens (including phenoxy) is 1. The van der Waals surface area contributed by atoms with Crippen LogP contribution in [0.4, 0.5) is 0 Å². The van der Waals surface area contributed by atoms with Gasteiger partial charge in [0.15, 0.2) is 0 Å². The Kier molecular flexibility index (Phi) is 4.68. The van der Waals surface area contributed by atoms with E-state index in [-0.39, 0.29) is 6.04 Å². The zero-order chi connectivity index (χ0) is 18.1. The first-order valence-corrected chi connectivity index (χ1v) is 9.42. The lowest BCUT2D eigenvalue weighted by Gasteiger charge is -2.31. The van der Waals surface area contributed by atoms with Crippen molar-refractivity contribution >= 4 is 10.8 Å². The van der Waals surface area contributed by atoms with Crippen LogP contribution in [0.3, 0.4) is 0 Å². The van der Waals surface area contributed by atoms with Crippen molar-refractivity contribution in [3.8, 4) is 5.75 Å². The number of hydrogen-bond acceptors (Lipinski definition) is 3. The predicted octanol–water partition coefficient (Wildman–Crippen LogP) is 4.36. The van der Waals surface area contributed by atoms with Crippen molar-refractivity contribution in [3.63, 3.8) is 0 Å². The van der Waals surface area contributed by atoms with Gasteiger partial charge in [-0.3, -0.25) is 0 Å². The Morgan fingerprint density at radius 3 is 2.62 bits per heavy atom. The minimum Gasteiger partial charge on any atom is -0.493 e. The van der Waals surface area contributed by atoms with E-state index in [1.54, 1.807) is 0 Å². The highest BCUT2D eigenvalue weighted by Gasteiger charge is 2.23. The molecule has 0 N–H and O–H groups in total. The minimum atomic E-state index is 0.225. The van der Waals surface area contributed by atoms with Gasteiger partial charge >= 0.3 is 0 Å². The first-order valence-electron chi connectivity index (χ1n) is 9.42. The van der Waals surface area contributed by atoms with Gasteiger partial charge in [-0.05, 0) is 74.3 Å². The molecule has 3 aromatic rings. The minimum absolute atomic E-state index is 0.225. The Morgan fingerprint density at radius 1 is 1.15 bits per heavy atom. The number of imidazole rings is 1. The van der Waals surface area contributed by atoms with Crippen LogP contribution in [0.1, 0.15) is 31.4 Å². The number of hydrogen-bond donors (Lipinski definition) is 0. The third kappa shape index (κ3) is 3.61. The third-order valence-electron chi connectivity index (χ3n) is 5.48. The molecule has 0 saturated heterocycles. The van der Waals surface area contributed by atoms with E-state index in [0.717, 1.165) is 18.3 Å². The van der Waals surface area contributed by atoms with Crippen LogP contribution in [0.25, 0.3) is 10.8 Å². The molecule has 1 fully saturated rings. The number of nitrogens with zero attached hydrogens (tertiary/aromatic N) is 3. The molecule has 1 aliphatic carbocycles. The summed E-state index contributed by atoms with van der Waals surface area (Å²) in [6.45, 7) is 3.11. The fourth-order valence-electron chi connectivity index (χ4n) is 3.43. The molecule has 0 spiro atoms.